The lowest BCUT2D eigenvalue weighted by molar-refractivity contribution is 0.303. The number of nitrogens with one attached hydrogen (secondary N) is 1. The molecule has 1 N–H and O–H groups in total. The van der Waals surface area contributed by atoms with Gasteiger partial charge in [0.15, 0.2) is 0 Å². The molecule has 2 aliphatic heterocycles. The number of hydrogen-bond donors (Lipinski definition) is 1. The summed E-state index contributed by atoms with van der Waals surface area (Å²) >= 11 is 0. The summed E-state index contributed by atoms with van der Waals surface area (Å²) in [7, 11) is 0. The third-order valence-corrected chi connectivity index (χ3v) is 3.27. The van der Waals surface area contributed by atoms with Gasteiger partial charge in [0.05, 0.1) is 5.70 Å². The van der Waals surface area contributed by atoms with Crippen LogP contribution < -0.4 is 5.32 Å². The molecule has 3 rings (SSSR count). The van der Waals surface area contributed by atoms with Crippen LogP contribution in [0, 0.1) is 5.92 Å². The van der Waals surface area contributed by atoms with E-state index in [9.17, 15) is 0 Å². The van der Waals surface area contributed by atoms with Crippen molar-refractivity contribution < 1.29 is 4.74 Å². The number of ether oxygens (including phenoxy) is 1. The number of rotatable bonds is 0. The summed E-state index contributed by atoms with van der Waals surface area (Å²) in [5.74, 6) is 1.73. The molecule has 0 spiro atoms. The van der Waals surface area contributed by atoms with Crippen LogP contribution in [0.5, 0.6) is 0 Å². The van der Waals surface area contributed by atoms with Gasteiger partial charge >= 0.3 is 0 Å². The van der Waals surface area contributed by atoms with E-state index >= 15 is 0 Å². The van der Waals surface area contributed by atoms with Crippen molar-refractivity contribution in [2.24, 2.45) is 5.92 Å². The second-order valence-electron chi connectivity index (χ2n) is 4.14. The Morgan fingerprint density at radius 1 is 1.43 bits per heavy atom. The second-order valence-corrected chi connectivity index (χ2v) is 4.14. The molecule has 2 heterocycles. The molecule has 0 amide bonds. The Morgan fingerprint density at radius 2 is 2.43 bits per heavy atom. The van der Waals surface area contributed by atoms with Crippen molar-refractivity contribution in [1.82, 2.24) is 5.32 Å². The minimum atomic E-state index is 0.623. The van der Waals surface area contributed by atoms with Crippen molar-refractivity contribution >= 4 is 0 Å². The van der Waals surface area contributed by atoms with E-state index in [1.165, 1.54) is 37.0 Å². The van der Waals surface area contributed by atoms with Gasteiger partial charge in [0, 0.05) is 12.5 Å². The quantitative estimate of drug-likeness (QED) is 0.632. The van der Waals surface area contributed by atoms with Gasteiger partial charge in [-0.2, -0.15) is 0 Å². The Kier molecular flexibility index (Phi) is 1.86. The van der Waals surface area contributed by atoms with Gasteiger partial charge in [-0.15, -0.1) is 0 Å². The maximum atomic E-state index is 5.62. The van der Waals surface area contributed by atoms with Gasteiger partial charge in [0.2, 0.25) is 0 Å². The van der Waals surface area contributed by atoms with Crippen LogP contribution in [0.3, 0.4) is 0 Å². The van der Waals surface area contributed by atoms with Gasteiger partial charge in [-0.1, -0.05) is 6.08 Å². The topological polar surface area (TPSA) is 21.3 Å². The molecule has 0 saturated carbocycles. The highest BCUT2D eigenvalue weighted by Gasteiger charge is 2.29. The molecule has 2 heteroatoms. The summed E-state index contributed by atoms with van der Waals surface area (Å²) in [6.45, 7) is 1.10. The van der Waals surface area contributed by atoms with Gasteiger partial charge in [0.25, 0.3) is 0 Å². The van der Waals surface area contributed by atoms with Crippen LogP contribution in [-0.4, -0.2) is 6.54 Å². The highest BCUT2D eigenvalue weighted by molar-refractivity contribution is 5.35. The van der Waals surface area contributed by atoms with Crippen molar-refractivity contribution in [1.29, 1.82) is 0 Å². The summed E-state index contributed by atoms with van der Waals surface area (Å²) in [5.41, 5.74) is 2.81. The van der Waals surface area contributed by atoms with E-state index in [1.807, 2.05) is 6.26 Å². The van der Waals surface area contributed by atoms with Crippen LogP contribution in [-0.2, 0) is 4.74 Å². The lowest BCUT2D eigenvalue weighted by atomic mass is 9.83. The van der Waals surface area contributed by atoms with E-state index in [4.69, 9.17) is 4.74 Å². The van der Waals surface area contributed by atoms with Crippen LogP contribution in [0.25, 0.3) is 0 Å². The second kappa shape index (κ2) is 3.19. The van der Waals surface area contributed by atoms with Gasteiger partial charge in [-0.05, 0) is 37.3 Å². The molecule has 1 fully saturated rings. The molecule has 1 aliphatic carbocycles. The monoisotopic (exact) mass is 189 g/mol. The summed E-state index contributed by atoms with van der Waals surface area (Å²) in [6, 6.07) is 0. The predicted octanol–water partition coefficient (Wildman–Crippen LogP) is 2.46. The Labute approximate surface area is 84.3 Å². The fourth-order valence-electron chi connectivity index (χ4n) is 2.55. The Morgan fingerprint density at radius 3 is 3.43 bits per heavy atom. The van der Waals surface area contributed by atoms with Crippen LogP contribution in [0.15, 0.2) is 35.4 Å². The Bertz CT molecular complexity index is 338. The van der Waals surface area contributed by atoms with Gasteiger partial charge in [-0.25, -0.2) is 0 Å². The molecule has 3 aliphatic rings. The van der Waals surface area contributed by atoms with E-state index in [1.54, 1.807) is 0 Å². The molecule has 1 atom stereocenters. The maximum Gasteiger partial charge on any atom is 0.126 e. The molecule has 1 unspecified atom stereocenters. The average molecular weight is 189 g/mol. The zero-order valence-corrected chi connectivity index (χ0v) is 8.25. The highest BCUT2D eigenvalue weighted by Crippen LogP contribution is 2.38. The van der Waals surface area contributed by atoms with Crippen molar-refractivity contribution in [3.8, 4) is 0 Å². The largest absolute Gasteiger partial charge is 0.463 e. The lowest BCUT2D eigenvalue weighted by Crippen LogP contribution is -2.31. The average Bonchev–Trinajstić information content (AvgIpc) is 2.29. The SMILES string of the molecule is C1=CC2=C(CC1)C1CCCNC1=CO2. The van der Waals surface area contributed by atoms with E-state index in [0.717, 1.165) is 12.3 Å². The van der Waals surface area contributed by atoms with E-state index in [2.05, 4.69) is 17.5 Å². The minimum Gasteiger partial charge on any atom is -0.463 e. The molecule has 0 bridgehead atoms. The van der Waals surface area contributed by atoms with Crippen LogP contribution in [0.2, 0.25) is 0 Å². The van der Waals surface area contributed by atoms with Gasteiger partial charge < -0.3 is 10.1 Å². The maximum absolute atomic E-state index is 5.62. The molecule has 0 radical (unpaired) electrons. The Hall–Kier alpha value is -1.18. The first kappa shape index (κ1) is 8.16. The number of piperidine rings is 1. The van der Waals surface area contributed by atoms with E-state index < -0.39 is 0 Å². The third-order valence-electron chi connectivity index (χ3n) is 3.27. The molecular weight excluding hydrogens is 174 g/mol. The zero-order chi connectivity index (χ0) is 9.38. The van der Waals surface area contributed by atoms with Crippen molar-refractivity contribution in [2.45, 2.75) is 25.7 Å². The molecule has 1 saturated heterocycles. The molecular formula is C12H15NO. The van der Waals surface area contributed by atoms with Gasteiger partial charge in [0.1, 0.15) is 12.0 Å². The number of fused-ring (bicyclic) bond motifs is 2. The molecule has 0 aromatic heterocycles. The van der Waals surface area contributed by atoms with Crippen LogP contribution >= 0.6 is 0 Å². The molecule has 2 nitrogen and oxygen atoms in total. The molecule has 0 aromatic rings. The number of hydrogen-bond acceptors (Lipinski definition) is 2. The fourth-order valence-corrected chi connectivity index (χ4v) is 2.55. The van der Waals surface area contributed by atoms with E-state index in [-0.39, 0.29) is 0 Å². The summed E-state index contributed by atoms with van der Waals surface area (Å²) in [6.07, 6.45) is 11.1. The predicted molar refractivity (Wildman–Crippen MR) is 55.3 cm³/mol. The number of allylic oxidation sites excluding steroid dienone is 3. The lowest BCUT2D eigenvalue weighted by Gasteiger charge is -2.33. The summed E-state index contributed by atoms with van der Waals surface area (Å²) < 4.78 is 5.62. The molecule has 14 heavy (non-hydrogen) atoms. The first-order valence-corrected chi connectivity index (χ1v) is 5.45. The van der Waals surface area contributed by atoms with Crippen molar-refractivity contribution in [3.63, 3.8) is 0 Å². The first-order valence-electron chi connectivity index (χ1n) is 5.45. The standard InChI is InChI=1S/C12H15NO/c1-2-6-12-10(4-1)9-5-3-7-13-11(9)8-14-12/h2,6,8-9,13H,1,3-5,7H2. The zero-order valence-electron chi connectivity index (χ0n) is 8.25. The normalized spacial score (nSPS) is 29.7. The van der Waals surface area contributed by atoms with Crippen LogP contribution in [0.1, 0.15) is 25.7 Å². The first-order chi connectivity index (χ1) is 6.95. The highest BCUT2D eigenvalue weighted by atomic mass is 16.5. The van der Waals surface area contributed by atoms with Crippen molar-refractivity contribution in [2.75, 3.05) is 6.54 Å². The minimum absolute atomic E-state index is 0.623. The smallest absolute Gasteiger partial charge is 0.126 e. The summed E-state index contributed by atoms with van der Waals surface area (Å²) in [4.78, 5) is 0. The van der Waals surface area contributed by atoms with Crippen molar-refractivity contribution in [3.05, 3.63) is 35.4 Å². The molecule has 0 aromatic carbocycles. The van der Waals surface area contributed by atoms with Crippen LogP contribution in [0.4, 0.5) is 0 Å². The third kappa shape index (κ3) is 1.17. The van der Waals surface area contributed by atoms with E-state index in [0.29, 0.717) is 5.92 Å². The fraction of sp³-hybridized carbons (Fsp3) is 0.500. The van der Waals surface area contributed by atoms with Gasteiger partial charge in [-0.3, -0.25) is 0 Å². The molecule has 74 valence electrons. The summed E-state index contributed by atoms with van der Waals surface area (Å²) in [5, 5.41) is 3.43. The Balaban J connectivity index is 1.94.